The molecule has 0 spiro atoms. The number of aromatic nitrogens is 2. The third-order valence-corrected chi connectivity index (χ3v) is 6.76. The quantitative estimate of drug-likeness (QED) is 0.664. The molecule has 0 aliphatic rings. The molecule has 148 valence electrons. The SMILES string of the molecule is Cc1ccc(O)cc1C#Cc1nc(-c2ccc(S(=O)(=O)C(C)C)cc2)cnc1C. The van der Waals surface area contributed by atoms with Crippen molar-refractivity contribution in [1.82, 2.24) is 9.97 Å². The summed E-state index contributed by atoms with van der Waals surface area (Å²) in [4.78, 5) is 9.25. The summed E-state index contributed by atoms with van der Waals surface area (Å²) in [5, 5.41) is 9.18. The van der Waals surface area contributed by atoms with E-state index in [9.17, 15) is 13.5 Å². The number of benzene rings is 2. The van der Waals surface area contributed by atoms with Crippen LogP contribution in [0.2, 0.25) is 0 Å². The van der Waals surface area contributed by atoms with Crippen molar-refractivity contribution in [1.29, 1.82) is 0 Å². The highest BCUT2D eigenvalue weighted by Crippen LogP contribution is 2.22. The summed E-state index contributed by atoms with van der Waals surface area (Å²) in [6.07, 6.45) is 1.64. The number of sulfone groups is 1. The molecule has 0 bridgehead atoms. The van der Waals surface area contributed by atoms with Gasteiger partial charge in [0.25, 0.3) is 0 Å². The van der Waals surface area contributed by atoms with E-state index < -0.39 is 15.1 Å². The van der Waals surface area contributed by atoms with E-state index in [1.807, 2.05) is 13.8 Å². The second-order valence-electron chi connectivity index (χ2n) is 7.06. The molecule has 1 N–H and O–H groups in total. The van der Waals surface area contributed by atoms with Crippen molar-refractivity contribution in [2.24, 2.45) is 0 Å². The maximum absolute atomic E-state index is 12.3. The lowest BCUT2D eigenvalue weighted by molar-refractivity contribution is 0.475. The Kier molecular flexibility index (Phi) is 5.71. The van der Waals surface area contributed by atoms with Crippen LogP contribution in [-0.2, 0) is 9.84 Å². The first-order chi connectivity index (χ1) is 13.7. The van der Waals surface area contributed by atoms with Crippen molar-refractivity contribution in [3.05, 3.63) is 71.2 Å². The molecule has 6 heteroatoms. The lowest BCUT2D eigenvalue weighted by Gasteiger charge is -2.09. The van der Waals surface area contributed by atoms with Crippen LogP contribution >= 0.6 is 0 Å². The average molecular weight is 407 g/mol. The van der Waals surface area contributed by atoms with E-state index in [0.717, 1.165) is 16.7 Å². The number of rotatable bonds is 3. The number of phenols is 1. The van der Waals surface area contributed by atoms with Gasteiger partial charge in [-0.2, -0.15) is 0 Å². The van der Waals surface area contributed by atoms with E-state index in [-0.39, 0.29) is 10.6 Å². The molecule has 3 aromatic rings. The van der Waals surface area contributed by atoms with Crippen molar-refractivity contribution >= 4 is 9.84 Å². The van der Waals surface area contributed by atoms with E-state index in [1.165, 1.54) is 0 Å². The van der Waals surface area contributed by atoms with E-state index in [1.54, 1.807) is 62.5 Å². The van der Waals surface area contributed by atoms with Gasteiger partial charge in [0.1, 0.15) is 11.4 Å². The monoisotopic (exact) mass is 406 g/mol. The third kappa shape index (κ3) is 4.47. The third-order valence-electron chi connectivity index (χ3n) is 4.59. The standard InChI is InChI=1S/C23H22N2O3S/c1-15(2)29(27,28)21-10-6-18(7-11-21)23-14-24-17(4)22(25-23)12-8-19-13-20(26)9-5-16(19)3/h5-7,9-11,13-15,26H,1-4H3. The summed E-state index contributed by atoms with van der Waals surface area (Å²) in [7, 11) is -3.32. The summed E-state index contributed by atoms with van der Waals surface area (Å²) in [5.41, 5.74) is 4.28. The predicted octanol–water partition coefficient (Wildman–Crippen LogP) is 4.05. The number of nitrogens with zero attached hydrogens (tertiary/aromatic N) is 2. The molecule has 0 saturated carbocycles. The van der Waals surface area contributed by atoms with Crippen LogP contribution < -0.4 is 0 Å². The largest absolute Gasteiger partial charge is 0.508 e. The number of hydrogen-bond acceptors (Lipinski definition) is 5. The van der Waals surface area contributed by atoms with Crippen LogP contribution in [0.25, 0.3) is 11.3 Å². The van der Waals surface area contributed by atoms with Gasteiger partial charge < -0.3 is 5.11 Å². The fourth-order valence-corrected chi connectivity index (χ4v) is 3.73. The Balaban J connectivity index is 1.96. The van der Waals surface area contributed by atoms with Gasteiger partial charge in [0, 0.05) is 11.1 Å². The minimum absolute atomic E-state index is 0.160. The van der Waals surface area contributed by atoms with E-state index >= 15 is 0 Å². The second-order valence-corrected chi connectivity index (χ2v) is 9.56. The zero-order chi connectivity index (χ0) is 21.2. The first kappa shape index (κ1) is 20.6. The minimum atomic E-state index is -3.32. The van der Waals surface area contributed by atoms with Crippen molar-refractivity contribution in [3.8, 4) is 28.8 Å². The molecule has 1 heterocycles. The second kappa shape index (κ2) is 8.06. The zero-order valence-corrected chi connectivity index (χ0v) is 17.6. The van der Waals surface area contributed by atoms with Crippen molar-refractivity contribution in [3.63, 3.8) is 0 Å². The molecule has 5 nitrogen and oxygen atoms in total. The summed E-state index contributed by atoms with van der Waals surface area (Å²) < 4.78 is 24.6. The van der Waals surface area contributed by atoms with Crippen molar-refractivity contribution in [2.45, 2.75) is 37.8 Å². The van der Waals surface area contributed by atoms with Crippen LogP contribution in [0.15, 0.2) is 53.6 Å². The Morgan fingerprint density at radius 2 is 1.69 bits per heavy atom. The molecule has 2 aromatic carbocycles. The first-order valence-electron chi connectivity index (χ1n) is 9.18. The van der Waals surface area contributed by atoms with Crippen LogP contribution in [0.1, 0.15) is 36.4 Å². The summed E-state index contributed by atoms with van der Waals surface area (Å²) in [5.74, 6) is 6.23. The van der Waals surface area contributed by atoms with Crippen LogP contribution in [0.4, 0.5) is 0 Å². The molecule has 3 rings (SSSR count). The molecule has 0 fully saturated rings. The van der Waals surface area contributed by atoms with E-state index in [4.69, 9.17) is 0 Å². The smallest absolute Gasteiger partial charge is 0.180 e. The summed E-state index contributed by atoms with van der Waals surface area (Å²) >= 11 is 0. The molecular weight excluding hydrogens is 384 g/mol. The topological polar surface area (TPSA) is 80.2 Å². The number of phenolic OH excluding ortho intramolecular Hbond substituents is 1. The first-order valence-corrected chi connectivity index (χ1v) is 10.7. The summed E-state index contributed by atoms with van der Waals surface area (Å²) in [6, 6.07) is 11.7. The van der Waals surface area contributed by atoms with Crippen molar-refractivity contribution in [2.75, 3.05) is 0 Å². The zero-order valence-electron chi connectivity index (χ0n) is 16.8. The van der Waals surface area contributed by atoms with Gasteiger partial charge in [-0.3, -0.25) is 4.98 Å². The van der Waals surface area contributed by atoms with Crippen LogP contribution in [0.3, 0.4) is 0 Å². The predicted molar refractivity (Wildman–Crippen MR) is 113 cm³/mol. The molecule has 1 aromatic heterocycles. The van der Waals surface area contributed by atoms with Gasteiger partial charge in [-0.25, -0.2) is 13.4 Å². The van der Waals surface area contributed by atoms with E-state index in [2.05, 4.69) is 21.8 Å². The maximum atomic E-state index is 12.3. The lowest BCUT2D eigenvalue weighted by atomic mass is 10.1. The molecule has 0 amide bonds. The van der Waals surface area contributed by atoms with Gasteiger partial charge in [0.2, 0.25) is 0 Å². The van der Waals surface area contributed by atoms with Crippen molar-refractivity contribution < 1.29 is 13.5 Å². The highest BCUT2D eigenvalue weighted by molar-refractivity contribution is 7.92. The van der Waals surface area contributed by atoms with E-state index in [0.29, 0.717) is 17.1 Å². The Labute approximate surface area is 171 Å². The molecule has 0 unspecified atom stereocenters. The maximum Gasteiger partial charge on any atom is 0.180 e. The normalized spacial score (nSPS) is 11.2. The fourth-order valence-electron chi connectivity index (χ4n) is 2.67. The van der Waals surface area contributed by atoms with Crippen LogP contribution in [0, 0.1) is 25.7 Å². The minimum Gasteiger partial charge on any atom is -0.508 e. The summed E-state index contributed by atoms with van der Waals surface area (Å²) in [6.45, 7) is 7.07. The Morgan fingerprint density at radius 3 is 2.34 bits per heavy atom. The van der Waals surface area contributed by atoms with Crippen LogP contribution in [0.5, 0.6) is 5.75 Å². The van der Waals surface area contributed by atoms with Gasteiger partial charge in [-0.15, -0.1) is 0 Å². The number of aryl methyl sites for hydroxylation is 2. The Bertz CT molecular complexity index is 1220. The number of hydrogen-bond donors (Lipinski definition) is 1. The molecular formula is C23H22N2O3S. The van der Waals surface area contributed by atoms with Gasteiger partial charge >= 0.3 is 0 Å². The molecule has 0 saturated heterocycles. The fraction of sp³-hybridized carbons (Fsp3) is 0.217. The number of aromatic hydroxyl groups is 1. The molecule has 0 radical (unpaired) electrons. The molecule has 0 aliphatic heterocycles. The van der Waals surface area contributed by atoms with Gasteiger partial charge in [0.05, 0.1) is 27.7 Å². The highest BCUT2D eigenvalue weighted by atomic mass is 32.2. The van der Waals surface area contributed by atoms with Crippen LogP contribution in [-0.4, -0.2) is 28.7 Å². The molecule has 0 atom stereocenters. The highest BCUT2D eigenvalue weighted by Gasteiger charge is 2.19. The molecule has 29 heavy (non-hydrogen) atoms. The average Bonchev–Trinajstić information content (AvgIpc) is 2.69. The Morgan fingerprint density at radius 1 is 1.00 bits per heavy atom. The molecule has 0 aliphatic carbocycles. The Hall–Kier alpha value is -3.17. The van der Waals surface area contributed by atoms with Gasteiger partial charge in [0.15, 0.2) is 9.84 Å². The van der Waals surface area contributed by atoms with Gasteiger partial charge in [-0.1, -0.05) is 24.1 Å². The van der Waals surface area contributed by atoms with Gasteiger partial charge in [-0.05, 0) is 63.4 Å². The lowest BCUT2D eigenvalue weighted by Crippen LogP contribution is -2.13.